The Balaban J connectivity index is 1.32. The predicted octanol–water partition coefficient (Wildman–Crippen LogP) is 4.21. The maximum Gasteiger partial charge on any atom is 0.238 e. The largest absolute Gasteiger partial charge is 0.508 e. The van der Waals surface area contributed by atoms with Crippen molar-refractivity contribution in [3.63, 3.8) is 0 Å². The normalized spacial score (nSPS) is 30.7. The van der Waals surface area contributed by atoms with E-state index in [1.54, 1.807) is 6.92 Å². The molecule has 240 valence electrons. The minimum Gasteiger partial charge on any atom is -0.508 e. The Morgan fingerprint density at radius 1 is 0.913 bits per heavy atom. The Kier molecular flexibility index (Phi) is 7.31. The van der Waals surface area contributed by atoms with Crippen molar-refractivity contribution in [2.45, 2.75) is 32.6 Å². The molecular formula is C36H38N2O8. The summed E-state index contributed by atoms with van der Waals surface area (Å²) in [5, 5.41) is 10.5. The third-order valence-corrected chi connectivity index (χ3v) is 10.9. The van der Waals surface area contributed by atoms with E-state index in [1.807, 2.05) is 37.3 Å². The molecular weight excluding hydrogens is 588 g/mol. The molecule has 7 rings (SSSR count). The quantitative estimate of drug-likeness (QED) is 0.384. The summed E-state index contributed by atoms with van der Waals surface area (Å²) in [6.07, 6.45) is 3.99. The van der Waals surface area contributed by atoms with E-state index in [2.05, 4.69) is 4.90 Å². The van der Waals surface area contributed by atoms with Crippen molar-refractivity contribution in [2.75, 3.05) is 50.3 Å². The number of methoxy groups -OCH3 is 2. The molecule has 1 N–H and O–H groups in total. The summed E-state index contributed by atoms with van der Waals surface area (Å²) in [5.41, 5.74) is 2.05. The van der Waals surface area contributed by atoms with Gasteiger partial charge in [-0.1, -0.05) is 18.6 Å². The van der Waals surface area contributed by atoms with Gasteiger partial charge in [-0.05, 0) is 61.6 Å². The van der Waals surface area contributed by atoms with E-state index in [1.165, 1.54) is 37.3 Å². The average molecular weight is 627 g/mol. The molecule has 5 aliphatic rings. The Hall–Kier alpha value is -4.44. The highest BCUT2D eigenvalue weighted by Gasteiger charge is 2.64. The molecule has 10 nitrogen and oxygen atoms in total. The zero-order valence-corrected chi connectivity index (χ0v) is 26.4. The zero-order chi connectivity index (χ0) is 32.5. The number of carbonyl (C=O) groups is 4. The second kappa shape index (κ2) is 11.1. The first-order valence-corrected chi connectivity index (χ1v) is 15.8. The molecule has 0 spiro atoms. The number of morpholine rings is 1. The maximum absolute atomic E-state index is 14.4. The van der Waals surface area contributed by atoms with Gasteiger partial charge in [-0.3, -0.25) is 24.1 Å². The van der Waals surface area contributed by atoms with Crippen molar-refractivity contribution in [1.29, 1.82) is 0 Å². The second-order valence-corrected chi connectivity index (χ2v) is 13.1. The number of rotatable bonds is 5. The molecule has 3 aliphatic carbocycles. The van der Waals surface area contributed by atoms with Crippen LogP contribution in [-0.4, -0.2) is 69.0 Å². The van der Waals surface area contributed by atoms with Crippen molar-refractivity contribution in [1.82, 2.24) is 0 Å². The van der Waals surface area contributed by atoms with Crippen LogP contribution in [0.2, 0.25) is 0 Å². The number of aromatic hydroxyl groups is 1. The molecule has 1 saturated carbocycles. The number of nitrogens with zero attached hydrogens (tertiary/aromatic N) is 2. The standard InChI is InChI=1S/C36H38N2O8/c1-19-15-27(40)26-18-25-23(32(36(26,2)33(19)41)31-28(44-3)16-22(39)17-29(31)45-4)9-10-24-30(25)35(43)38(34(24)42)21-7-5-20(6-8-21)37-11-13-46-14-12-37/h5-9,15-17,24-26,30,32,39H,10-14,18H2,1-4H3/t24-,25+,26-,30-,32+,36+/m0/s1. The molecule has 46 heavy (non-hydrogen) atoms. The van der Waals surface area contributed by atoms with Crippen LogP contribution in [0, 0.1) is 29.1 Å². The number of Topliss-reactive ketones (excluding diaryl/α,β-unsaturated/α-hetero) is 1. The number of hydrogen-bond donors (Lipinski definition) is 1. The summed E-state index contributed by atoms with van der Waals surface area (Å²) in [5.74, 6) is -3.50. The van der Waals surface area contributed by atoms with Crippen LogP contribution in [0.15, 0.2) is 59.7 Å². The summed E-state index contributed by atoms with van der Waals surface area (Å²) in [6.45, 7) is 6.32. The molecule has 2 aromatic carbocycles. The van der Waals surface area contributed by atoms with Gasteiger partial charge in [0, 0.05) is 48.3 Å². The second-order valence-electron chi connectivity index (χ2n) is 13.1. The molecule has 0 aromatic heterocycles. The number of hydrogen-bond acceptors (Lipinski definition) is 9. The first kappa shape index (κ1) is 30.2. The Bertz CT molecular complexity index is 1680. The first-order chi connectivity index (χ1) is 22.1. The lowest BCUT2D eigenvalue weighted by Crippen LogP contribution is -2.54. The topological polar surface area (TPSA) is 123 Å². The predicted molar refractivity (Wildman–Crippen MR) is 169 cm³/mol. The van der Waals surface area contributed by atoms with Crippen LogP contribution in [0.4, 0.5) is 11.4 Å². The number of benzene rings is 2. The minimum atomic E-state index is -1.21. The van der Waals surface area contributed by atoms with Crippen LogP contribution in [0.1, 0.15) is 38.2 Å². The van der Waals surface area contributed by atoms with Crippen molar-refractivity contribution in [2.24, 2.45) is 29.1 Å². The number of phenols is 1. The van der Waals surface area contributed by atoms with Crippen molar-refractivity contribution in [3.05, 3.63) is 65.3 Å². The van der Waals surface area contributed by atoms with Crippen LogP contribution in [0.3, 0.4) is 0 Å². The smallest absolute Gasteiger partial charge is 0.238 e. The van der Waals surface area contributed by atoms with Gasteiger partial charge in [0.1, 0.15) is 17.2 Å². The molecule has 0 radical (unpaired) electrons. The SMILES string of the molecule is COc1cc(O)cc(OC)c1[C@H]1C2=CC[C@@H]3C(=O)N(c4ccc(N5CCOCC5)cc4)C(=O)[C@@H]3[C@@H]2C[C@H]2C(=O)C=C(C)C(=O)[C@@]12C. The van der Waals surface area contributed by atoms with E-state index >= 15 is 0 Å². The molecule has 0 unspecified atom stereocenters. The number of amides is 2. The van der Waals surface area contributed by atoms with E-state index in [4.69, 9.17) is 14.2 Å². The molecule has 2 heterocycles. The number of allylic oxidation sites excluding steroid dienone is 4. The third-order valence-electron chi connectivity index (χ3n) is 10.9. The van der Waals surface area contributed by atoms with Crippen LogP contribution < -0.4 is 19.3 Å². The Morgan fingerprint density at radius 3 is 2.17 bits per heavy atom. The van der Waals surface area contributed by atoms with Crippen LogP contribution >= 0.6 is 0 Å². The van der Waals surface area contributed by atoms with Crippen molar-refractivity contribution >= 4 is 34.8 Å². The van der Waals surface area contributed by atoms with Crippen LogP contribution in [0.25, 0.3) is 0 Å². The summed E-state index contributed by atoms with van der Waals surface area (Å²) >= 11 is 0. The molecule has 0 bridgehead atoms. The number of ketones is 2. The number of anilines is 2. The van der Waals surface area contributed by atoms with Gasteiger partial charge in [-0.2, -0.15) is 0 Å². The van der Waals surface area contributed by atoms with E-state index in [0.29, 0.717) is 48.0 Å². The molecule has 3 fully saturated rings. The summed E-state index contributed by atoms with van der Waals surface area (Å²) < 4.78 is 17.0. The molecule has 6 atom stereocenters. The van der Waals surface area contributed by atoms with E-state index in [0.717, 1.165) is 24.4 Å². The Morgan fingerprint density at radius 2 is 1.54 bits per heavy atom. The average Bonchev–Trinajstić information content (AvgIpc) is 3.32. The molecule has 2 aromatic rings. The van der Waals surface area contributed by atoms with E-state index < -0.39 is 35.0 Å². The molecule has 2 amide bonds. The lowest BCUT2D eigenvalue weighted by Gasteiger charge is -2.54. The van der Waals surface area contributed by atoms with E-state index in [-0.39, 0.29) is 35.6 Å². The number of carbonyl (C=O) groups excluding carboxylic acids is 4. The van der Waals surface area contributed by atoms with Gasteiger partial charge >= 0.3 is 0 Å². The van der Waals surface area contributed by atoms with Crippen LogP contribution in [-0.2, 0) is 23.9 Å². The zero-order valence-electron chi connectivity index (χ0n) is 26.4. The molecule has 10 heteroatoms. The summed E-state index contributed by atoms with van der Waals surface area (Å²) in [6, 6.07) is 10.4. The van der Waals surface area contributed by atoms with Crippen LogP contribution in [0.5, 0.6) is 17.2 Å². The van der Waals surface area contributed by atoms with Gasteiger partial charge < -0.3 is 24.2 Å². The number of ether oxygens (including phenoxy) is 3. The van der Waals surface area contributed by atoms with Crippen molar-refractivity contribution in [3.8, 4) is 17.2 Å². The van der Waals surface area contributed by atoms with Gasteiger partial charge in [-0.15, -0.1) is 0 Å². The highest BCUT2D eigenvalue weighted by atomic mass is 16.5. The fourth-order valence-corrected chi connectivity index (χ4v) is 8.80. The lowest BCUT2D eigenvalue weighted by atomic mass is 9.47. The maximum atomic E-state index is 14.4. The Labute approximate surface area is 267 Å². The molecule has 2 saturated heterocycles. The number of phenolic OH excluding ortho intramolecular Hbond substituents is 1. The van der Waals surface area contributed by atoms with E-state index in [9.17, 15) is 24.3 Å². The number of fused-ring (bicyclic) bond motifs is 4. The third kappa shape index (κ3) is 4.33. The van der Waals surface area contributed by atoms with Gasteiger partial charge in [-0.25, -0.2) is 0 Å². The minimum absolute atomic E-state index is 0.0711. The monoisotopic (exact) mass is 626 g/mol. The molecule has 2 aliphatic heterocycles. The number of imide groups is 1. The van der Waals surface area contributed by atoms with Gasteiger partial charge in [0.15, 0.2) is 11.6 Å². The highest BCUT2D eigenvalue weighted by Crippen LogP contribution is 2.64. The van der Waals surface area contributed by atoms with Gasteiger partial charge in [0.25, 0.3) is 0 Å². The van der Waals surface area contributed by atoms with Crippen molar-refractivity contribution < 1.29 is 38.5 Å². The first-order valence-electron chi connectivity index (χ1n) is 15.8. The summed E-state index contributed by atoms with van der Waals surface area (Å²) in [7, 11) is 2.95. The lowest BCUT2D eigenvalue weighted by molar-refractivity contribution is -0.141. The van der Waals surface area contributed by atoms with Gasteiger partial charge in [0.2, 0.25) is 11.8 Å². The summed E-state index contributed by atoms with van der Waals surface area (Å²) in [4.78, 5) is 59.8. The van der Waals surface area contributed by atoms with Gasteiger partial charge in [0.05, 0.1) is 50.4 Å². The fraction of sp³-hybridized carbons (Fsp3) is 0.444. The fourth-order valence-electron chi connectivity index (χ4n) is 8.80. The highest BCUT2D eigenvalue weighted by molar-refractivity contribution is 6.22.